The van der Waals surface area contributed by atoms with Gasteiger partial charge < -0.3 is 63.0 Å². The third kappa shape index (κ3) is 13.5. The van der Waals surface area contributed by atoms with Gasteiger partial charge >= 0.3 is 17.9 Å². The summed E-state index contributed by atoms with van der Waals surface area (Å²) in [6, 6.07) is 3.62. The number of thiophene rings is 1. The van der Waals surface area contributed by atoms with Crippen LogP contribution in [-0.2, 0) is 63.5 Å². The maximum Gasteiger partial charge on any atom is 0.311 e. The maximum atomic E-state index is 14.6. The zero-order valence-corrected chi connectivity index (χ0v) is 42.0. The van der Waals surface area contributed by atoms with Gasteiger partial charge in [-0.2, -0.15) is 0 Å². The Morgan fingerprint density at radius 2 is 1.60 bits per heavy atom. The van der Waals surface area contributed by atoms with Crippen LogP contribution in [0, 0.1) is 23.7 Å². The van der Waals surface area contributed by atoms with Crippen LogP contribution >= 0.6 is 11.3 Å². The van der Waals surface area contributed by atoms with E-state index in [4.69, 9.17) is 42.7 Å². The highest BCUT2D eigenvalue weighted by atomic mass is 32.1. The van der Waals surface area contributed by atoms with E-state index in [1.807, 2.05) is 50.4 Å². The van der Waals surface area contributed by atoms with Crippen LogP contribution in [0.4, 0.5) is 0 Å². The first kappa shape index (κ1) is 54.8. The Kier molecular flexibility index (Phi) is 19.4. The van der Waals surface area contributed by atoms with E-state index in [2.05, 4.69) is 5.16 Å². The molecular formula is C47H78N2O15S. The number of rotatable bonds is 13. The minimum absolute atomic E-state index is 0.0303. The molecule has 3 aliphatic heterocycles. The molecule has 65 heavy (non-hydrogen) atoms. The molecule has 3 saturated heterocycles. The monoisotopic (exact) mass is 943 g/mol. The van der Waals surface area contributed by atoms with E-state index in [-0.39, 0.29) is 38.0 Å². The first-order chi connectivity index (χ1) is 30.3. The molecule has 1 aromatic rings. The summed E-state index contributed by atoms with van der Waals surface area (Å²) in [5, 5.41) is 43.8. The van der Waals surface area contributed by atoms with Crippen LogP contribution in [0.3, 0.4) is 0 Å². The highest BCUT2D eigenvalue weighted by molar-refractivity contribution is 7.09. The van der Waals surface area contributed by atoms with Crippen LogP contribution < -0.4 is 0 Å². The summed E-state index contributed by atoms with van der Waals surface area (Å²) in [5.74, 6) is -5.27. The zero-order valence-electron chi connectivity index (χ0n) is 41.2. The van der Waals surface area contributed by atoms with E-state index in [0.29, 0.717) is 18.6 Å². The first-order valence-electron chi connectivity index (χ1n) is 23.0. The lowest BCUT2D eigenvalue weighted by atomic mass is 9.73. The number of methoxy groups -OCH3 is 1. The molecule has 0 amide bonds. The molecule has 18 heteroatoms. The molecule has 4 rings (SSSR count). The second kappa shape index (κ2) is 23.0. The summed E-state index contributed by atoms with van der Waals surface area (Å²) in [6.07, 6.45) is -8.77. The Hall–Kier alpha value is -2.78. The average Bonchev–Trinajstić information content (AvgIpc) is 3.74. The fraction of sp³-hybridized carbons (Fsp3) is 0.830. The number of aliphatic hydroxyl groups excluding tert-OH is 1. The van der Waals surface area contributed by atoms with Gasteiger partial charge in [-0.25, -0.2) is 0 Å². The van der Waals surface area contributed by atoms with Gasteiger partial charge in [0.05, 0.1) is 53.8 Å². The van der Waals surface area contributed by atoms with Crippen molar-refractivity contribution in [1.82, 2.24) is 4.90 Å². The van der Waals surface area contributed by atoms with E-state index in [9.17, 15) is 29.7 Å². The molecule has 3 N–H and O–H groups in total. The largest absolute Gasteiger partial charge is 0.459 e. The summed E-state index contributed by atoms with van der Waals surface area (Å²) < 4.78 is 50.3. The molecule has 0 saturated carbocycles. The highest BCUT2D eigenvalue weighted by Gasteiger charge is 2.54. The molecule has 0 unspecified atom stereocenters. The SMILES string of the molecule is CC[C@H]1OC(=O)[C@H](C)[C@@H](O[C@H]2C[C@@](C)(OC)[C@@H](OC(C)=O)[C@H](C)O2)[C@H](C)[C@@H](O[C@@H]2O[C@H](C)C[C@H](N(C)C)[C@H]2OC(C)=O)[C@@](C)(O)C[C@@H](C)/C(=N/OCCc2cccs2)[C@H](C)[C@@H](O)[C@]1(C)O. The molecule has 0 aliphatic carbocycles. The molecule has 17 nitrogen and oxygen atoms in total. The predicted molar refractivity (Wildman–Crippen MR) is 242 cm³/mol. The second-order valence-electron chi connectivity index (χ2n) is 19.4. The van der Waals surface area contributed by atoms with Crippen LogP contribution in [-0.4, -0.2) is 156 Å². The van der Waals surface area contributed by atoms with Gasteiger partial charge in [0.15, 0.2) is 24.8 Å². The Labute approximate surface area is 389 Å². The number of carbonyl (C=O) groups excluding carboxylic acids is 3. The van der Waals surface area contributed by atoms with Crippen LogP contribution in [0.5, 0.6) is 0 Å². The fourth-order valence-corrected chi connectivity index (χ4v) is 10.7. The van der Waals surface area contributed by atoms with Crippen molar-refractivity contribution in [3.8, 4) is 0 Å². The van der Waals surface area contributed by atoms with Crippen LogP contribution in [0.15, 0.2) is 22.7 Å². The number of oxime groups is 1. The Morgan fingerprint density at radius 1 is 0.938 bits per heavy atom. The number of likely N-dealkylation sites (N-methyl/N-ethyl adjacent to an activating group) is 1. The predicted octanol–water partition coefficient (Wildman–Crippen LogP) is 5.03. The summed E-state index contributed by atoms with van der Waals surface area (Å²) in [5.41, 5.74) is -4.50. The summed E-state index contributed by atoms with van der Waals surface area (Å²) >= 11 is 1.59. The van der Waals surface area contributed by atoms with E-state index in [1.54, 1.807) is 59.8 Å². The molecule has 4 heterocycles. The number of hydrogen-bond acceptors (Lipinski definition) is 18. The topological polar surface area (TPSA) is 211 Å². The van der Waals surface area contributed by atoms with Gasteiger partial charge in [-0.15, -0.1) is 11.3 Å². The normalized spacial score (nSPS) is 41.9. The number of carbonyl (C=O) groups is 3. The molecule has 1 aromatic heterocycles. The van der Waals surface area contributed by atoms with Crippen LogP contribution in [0.1, 0.15) is 114 Å². The first-order valence-corrected chi connectivity index (χ1v) is 23.9. The Morgan fingerprint density at radius 3 is 2.17 bits per heavy atom. The maximum absolute atomic E-state index is 14.6. The number of aliphatic hydroxyl groups is 3. The average molecular weight is 943 g/mol. The number of cyclic esters (lactones) is 1. The lowest BCUT2D eigenvalue weighted by molar-refractivity contribution is -0.319. The highest BCUT2D eigenvalue weighted by Crippen LogP contribution is 2.42. The third-order valence-corrected chi connectivity index (χ3v) is 14.5. The van der Waals surface area contributed by atoms with Crippen molar-refractivity contribution in [2.24, 2.45) is 28.8 Å². The molecular weight excluding hydrogens is 865 g/mol. The number of esters is 3. The molecule has 0 aromatic carbocycles. The van der Waals surface area contributed by atoms with Gasteiger partial charge in [-0.1, -0.05) is 38.9 Å². The van der Waals surface area contributed by atoms with Gasteiger partial charge in [0, 0.05) is 56.4 Å². The van der Waals surface area contributed by atoms with Crippen molar-refractivity contribution in [3.05, 3.63) is 22.4 Å². The molecule has 0 radical (unpaired) electrons. The number of ether oxygens (including phenoxy) is 8. The van der Waals surface area contributed by atoms with Crippen molar-refractivity contribution in [2.75, 3.05) is 27.8 Å². The Bertz CT molecular complexity index is 1730. The van der Waals surface area contributed by atoms with E-state index in [1.165, 1.54) is 27.9 Å². The van der Waals surface area contributed by atoms with Crippen molar-refractivity contribution >= 4 is 35.0 Å². The summed E-state index contributed by atoms with van der Waals surface area (Å²) in [4.78, 5) is 48.4. The zero-order chi connectivity index (χ0) is 48.8. The van der Waals surface area contributed by atoms with Crippen molar-refractivity contribution in [2.45, 2.75) is 199 Å². The van der Waals surface area contributed by atoms with Crippen LogP contribution in [0.25, 0.3) is 0 Å². The van der Waals surface area contributed by atoms with E-state index < -0.39 is 114 Å². The minimum atomic E-state index is -1.97. The van der Waals surface area contributed by atoms with Gasteiger partial charge in [-0.05, 0) is 86.3 Å². The lowest BCUT2D eigenvalue weighted by Crippen LogP contribution is -2.62. The van der Waals surface area contributed by atoms with Crippen molar-refractivity contribution < 1.29 is 72.4 Å². The Balaban J connectivity index is 1.90. The standard InChI is InChI=1S/C47H78N2O15S/c1-16-35-47(12,55)40(52)27(4)37(48-57-20-19-33-18-17-21-65-33)25(2)23-45(10,54)41(64-44-39(60-31(8)50)34(49(13)14)22-26(3)58-44)28(5)38(29(6)43(53)62-35)63-36-24-46(11,56-15)42(30(7)59-36)61-32(9)51/h17-18,21,25-30,34-36,38-42,44,52,54-55H,16,19-20,22-24H2,1-15H3/b48-37-/t25-,26-,27+,28+,29-,30+,34+,35-,36+,38+,39-,40-,41-,42+,44+,45+,46-,47-/m1/s1. The number of nitrogens with zero attached hydrogens (tertiary/aromatic N) is 2. The quantitative estimate of drug-likeness (QED) is 0.102. The smallest absolute Gasteiger partial charge is 0.311 e. The number of hydrogen-bond donors (Lipinski definition) is 3. The molecule has 3 aliphatic rings. The van der Waals surface area contributed by atoms with Gasteiger partial charge in [0.1, 0.15) is 23.9 Å². The summed E-state index contributed by atoms with van der Waals surface area (Å²) in [6.45, 7) is 20.0. The van der Waals surface area contributed by atoms with Gasteiger partial charge in [0.25, 0.3) is 0 Å². The molecule has 3 fully saturated rings. The van der Waals surface area contributed by atoms with E-state index >= 15 is 0 Å². The van der Waals surface area contributed by atoms with Gasteiger partial charge in [-0.3, -0.25) is 14.4 Å². The lowest BCUT2D eigenvalue weighted by Gasteiger charge is -2.49. The molecule has 18 atom stereocenters. The third-order valence-electron chi connectivity index (χ3n) is 13.6. The molecule has 0 spiro atoms. The summed E-state index contributed by atoms with van der Waals surface area (Å²) in [7, 11) is 5.25. The molecule has 0 bridgehead atoms. The van der Waals surface area contributed by atoms with E-state index in [0.717, 1.165) is 4.88 Å². The molecule has 372 valence electrons. The fourth-order valence-electron chi connectivity index (χ4n) is 10.0. The van der Waals surface area contributed by atoms with Crippen molar-refractivity contribution in [1.29, 1.82) is 0 Å². The van der Waals surface area contributed by atoms with Crippen LogP contribution in [0.2, 0.25) is 0 Å². The van der Waals surface area contributed by atoms with Gasteiger partial charge in [0.2, 0.25) is 0 Å². The second-order valence-corrected chi connectivity index (χ2v) is 20.4. The van der Waals surface area contributed by atoms with Crippen molar-refractivity contribution in [3.63, 3.8) is 0 Å². The minimum Gasteiger partial charge on any atom is -0.459 e.